The molecule has 0 N–H and O–H groups in total. The van der Waals surface area contributed by atoms with Crippen LogP contribution in [0.5, 0.6) is 17.2 Å². The molecule has 7 nitrogen and oxygen atoms in total. The van der Waals surface area contributed by atoms with E-state index in [0.29, 0.717) is 28.0 Å². The summed E-state index contributed by atoms with van der Waals surface area (Å²) in [6.45, 7) is 0. The number of hydrogen-bond acceptors (Lipinski definition) is 6. The number of ether oxygens (including phenoxy) is 3. The zero-order valence-electron chi connectivity index (χ0n) is 15.5. The maximum atomic E-state index is 12.6. The van der Waals surface area contributed by atoms with E-state index in [1.807, 2.05) is 12.1 Å². The molecule has 0 bridgehead atoms. The fourth-order valence-corrected chi connectivity index (χ4v) is 2.77. The Morgan fingerprint density at radius 2 is 1.61 bits per heavy atom. The number of halogens is 1. The number of carbonyl (C=O) groups is 1. The lowest BCUT2D eigenvalue weighted by Crippen LogP contribution is -2.29. The molecule has 0 fully saturated rings. The summed E-state index contributed by atoms with van der Waals surface area (Å²) in [6, 6.07) is 10.2. The van der Waals surface area contributed by atoms with Crippen LogP contribution in [0.4, 0.5) is 10.5 Å². The van der Waals surface area contributed by atoms with Crippen LogP contribution in [0, 0.1) is 0 Å². The second-order valence-corrected chi connectivity index (χ2v) is 6.14. The van der Waals surface area contributed by atoms with Crippen molar-refractivity contribution in [1.29, 1.82) is 0 Å². The topological polar surface area (TPSA) is 73.8 Å². The summed E-state index contributed by atoms with van der Waals surface area (Å²) >= 11 is 6.17. The Kier molecular flexibility index (Phi) is 5.96. The highest BCUT2D eigenvalue weighted by atomic mass is 35.5. The number of amides is 1. The lowest BCUT2D eigenvalue weighted by Gasteiger charge is -2.20. The van der Waals surface area contributed by atoms with Crippen molar-refractivity contribution in [2.75, 3.05) is 26.2 Å². The lowest BCUT2D eigenvalue weighted by atomic mass is 10.1. The minimum Gasteiger partial charge on any atom is -0.495 e. The molecule has 0 radical (unpaired) electrons. The number of anilines is 1. The Balaban J connectivity index is 1.77. The van der Waals surface area contributed by atoms with E-state index >= 15 is 0 Å². The second-order valence-electron chi connectivity index (χ2n) is 5.74. The molecule has 1 aromatic heterocycles. The van der Waals surface area contributed by atoms with Gasteiger partial charge in [0.15, 0.2) is 0 Å². The third kappa shape index (κ3) is 4.15. The summed E-state index contributed by atoms with van der Waals surface area (Å²) in [7, 11) is 4.57. The van der Waals surface area contributed by atoms with Crippen molar-refractivity contribution in [3.8, 4) is 28.4 Å². The zero-order chi connectivity index (χ0) is 20.1. The number of carbonyl (C=O) groups excluding carboxylic acids is 1. The van der Waals surface area contributed by atoms with Crippen molar-refractivity contribution in [2.24, 2.45) is 0 Å². The van der Waals surface area contributed by atoms with Crippen molar-refractivity contribution in [2.45, 2.75) is 0 Å². The first-order chi connectivity index (χ1) is 13.5. The molecule has 8 heteroatoms. The van der Waals surface area contributed by atoms with Crippen LogP contribution >= 0.6 is 11.6 Å². The quantitative estimate of drug-likeness (QED) is 0.631. The number of hydrogen-bond donors (Lipinski definition) is 0. The zero-order valence-corrected chi connectivity index (χ0v) is 16.3. The summed E-state index contributed by atoms with van der Waals surface area (Å²) in [5.74, 6) is 1.28. The molecule has 144 valence electrons. The van der Waals surface area contributed by atoms with Crippen LogP contribution in [0.2, 0.25) is 5.02 Å². The molecule has 0 aliphatic carbocycles. The Morgan fingerprint density at radius 3 is 2.21 bits per heavy atom. The van der Waals surface area contributed by atoms with Crippen LogP contribution in [-0.4, -0.2) is 37.3 Å². The smallest absolute Gasteiger partial charge is 0.419 e. The Bertz CT molecular complexity index is 965. The van der Waals surface area contributed by atoms with Crippen molar-refractivity contribution in [3.63, 3.8) is 0 Å². The van der Waals surface area contributed by atoms with Gasteiger partial charge in [-0.3, -0.25) is 4.90 Å². The van der Waals surface area contributed by atoms with Gasteiger partial charge in [-0.05, 0) is 23.8 Å². The number of nitrogens with zero attached hydrogens (tertiary/aromatic N) is 3. The highest BCUT2D eigenvalue weighted by molar-refractivity contribution is 6.32. The van der Waals surface area contributed by atoms with E-state index in [4.69, 9.17) is 25.8 Å². The third-order valence-electron chi connectivity index (χ3n) is 4.04. The van der Waals surface area contributed by atoms with Crippen molar-refractivity contribution < 1.29 is 19.0 Å². The van der Waals surface area contributed by atoms with E-state index in [9.17, 15) is 4.79 Å². The van der Waals surface area contributed by atoms with E-state index < -0.39 is 6.09 Å². The van der Waals surface area contributed by atoms with Gasteiger partial charge in [0.1, 0.15) is 23.6 Å². The molecule has 0 atom stereocenters. The molecule has 1 amide bonds. The Morgan fingerprint density at radius 1 is 0.964 bits per heavy atom. The molecule has 3 aromatic rings. The van der Waals surface area contributed by atoms with Crippen LogP contribution in [0.1, 0.15) is 0 Å². The van der Waals surface area contributed by atoms with Gasteiger partial charge >= 0.3 is 6.09 Å². The first-order valence-corrected chi connectivity index (χ1v) is 8.63. The van der Waals surface area contributed by atoms with Gasteiger partial charge in [0, 0.05) is 31.1 Å². The number of benzene rings is 2. The summed E-state index contributed by atoms with van der Waals surface area (Å²) in [6.07, 6.45) is 4.30. The van der Waals surface area contributed by atoms with Crippen LogP contribution in [0.25, 0.3) is 11.1 Å². The summed E-state index contributed by atoms with van der Waals surface area (Å²) in [5.41, 5.74) is 2.24. The third-order valence-corrected chi connectivity index (χ3v) is 4.34. The molecular formula is C20H18ClN3O4. The highest BCUT2D eigenvalue weighted by Crippen LogP contribution is 2.37. The Labute approximate surface area is 167 Å². The van der Waals surface area contributed by atoms with Gasteiger partial charge in [0.25, 0.3) is 0 Å². The standard InChI is InChI=1S/C20H18ClN3O4/c1-24(17-8-16(21)18(26-2)9-19(17)27-3)20(25)28-15-6-4-13(5-7-15)14-10-22-12-23-11-14/h4-12H,1-3H3. The normalized spacial score (nSPS) is 10.3. The van der Waals surface area contributed by atoms with Gasteiger partial charge in [-0.1, -0.05) is 23.7 Å². The number of methoxy groups -OCH3 is 2. The fourth-order valence-electron chi connectivity index (χ4n) is 2.54. The minimum absolute atomic E-state index is 0.354. The van der Waals surface area contributed by atoms with Crippen molar-refractivity contribution in [3.05, 3.63) is 60.1 Å². The second kappa shape index (κ2) is 8.58. The highest BCUT2D eigenvalue weighted by Gasteiger charge is 2.20. The molecule has 0 aliphatic rings. The van der Waals surface area contributed by atoms with Crippen molar-refractivity contribution in [1.82, 2.24) is 9.97 Å². The van der Waals surface area contributed by atoms with Gasteiger partial charge < -0.3 is 14.2 Å². The molecule has 3 rings (SSSR count). The number of aromatic nitrogens is 2. The minimum atomic E-state index is -0.588. The van der Waals surface area contributed by atoms with Crippen LogP contribution in [-0.2, 0) is 0 Å². The molecule has 0 unspecified atom stereocenters. The average molecular weight is 400 g/mol. The van der Waals surface area contributed by atoms with Crippen LogP contribution < -0.4 is 19.1 Å². The van der Waals surface area contributed by atoms with E-state index in [0.717, 1.165) is 11.1 Å². The van der Waals surface area contributed by atoms with E-state index in [2.05, 4.69) is 9.97 Å². The summed E-state index contributed by atoms with van der Waals surface area (Å²) in [4.78, 5) is 21.8. The van der Waals surface area contributed by atoms with E-state index in [1.54, 1.807) is 43.7 Å². The summed E-state index contributed by atoms with van der Waals surface area (Å²) in [5, 5.41) is 0.354. The molecular weight excluding hydrogens is 382 g/mol. The van der Waals surface area contributed by atoms with Crippen LogP contribution in [0.3, 0.4) is 0 Å². The van der Waals surface area contributed by atoms with Gasteiger partial charge in [-0.15, -0.1) is 0 Å². The maximum Gasteiger partial charge on any atom is 0.419 e. The Hall–Kier alpha value is -3.32. The average Bonchev–Trinajstić information content (AvgIpc) is 2.74. The molecule has 28 heavy (non-hydrogen) atoms. The predicted molar refractivity (Wildman–Crippen MR) is 106 cm³/mol. The molecule has 0 aliphatic heterocycles. The molecule has 0 saturated heterocycles. The van der Waals surface area contributed by atoms with Gasteiger partial charge in [-0.2, -0.15) is 0 Å². The van der Waals surface area contributed by atoms with Gasteiger partial charge in [0.05, 0.1) is 24.9 Å². The summed E-state index contributed by atoms with van der Waals surface area (Å²) < 4.78 is 15.9. The SMILES string of the molecule is COc1cc(OC)c(N(C)C(=O)Oc2ccc(-c3cncnc3)cc2)cc1Cl. The largest absolute Gasteiger partial charge is 0.495 e. The first-order valence-electron chi connectivity index (χ1n) is 8.26. The van der Waals surface area contributed by atoms with Gasteiger partial charge in [-0.25, -0.2) is 14.8 Å². The van der Waals surface area contributed by atoms with Crippen molar-refractivity contribution >= 4 is 23.4 Å². The van der Waals surface area contributed by atoms with E-state index in [-0.39, 0.29) is 0 Å². The maximum absolute atomic E-state index is 12.6. The van der Waals surface area contributed by atoms with Gasteiger partial charge in [0.2, 0.25) is 0 Å². The molecule has 0 spiro atoms. The van der Waals surface area contributed by atoms with Crippen LogP contribution in [0.15, 0.2) is 55.1 Å². The predicted octanol–water partition coefficient (Wildman–Crippen LogP) is 4.45. The number of rotatable bonds is 5. The molecule has 0 saturated carbocycles. The fraction of sp³-hybridized carbons (Fsp3) is 0.150. The lowest BCUT2D eigenvalue weighted by molar-refractivity contribution is 0.209. The first kappa shape index (κ1) is 19.4. The van der Waals surface area contributed by atoms with E-state index in [1.165, 1.54) is 25.4 Å². The molecule has 1 heterocycles. The monoisotopic (exact) mass is 399 g/mol. The molecule has 2 aromatic carbocycles.